The number of amides is 5. The zero-order chi connectivity index (χ0) is 70.7. The predicted molar refractivity (Wildman–Crippen MR) is 362 cm³/mol. The molecule has 1 aliphatic carbocycles. The summed E-state index contributed by atoms with van der Waals surface area (Å²) < 4.78 is 116. The SMILES string of the molecule is COc1cc(NCCCCCC(=O)N(C)CCN2CCC(N(C(=O)O)c3ccccc3-c3ccccc3)CC2)ccc1C(=O)N(C)CCCN(C)C(=O)CO[C@H]1Cc2ccccc2C12CCN(CC[C@]1(c3ccc(F)cc3)CN(C(=O)c3cc(C(F)(F)F)cc(C(F)(F)F)c3)CO1)CC2. The van der Waals surface area contributed by atoms with Crippen molar-refractivity contribution in [3.05, 3.63) is 184 Å². The summed E-state index contributed by atoms with van der Waals surface area (Å²) in [6, 6.07) is 37.0. The second kappa shape index (κ2) is 32.2. The van der Waals surface area contributed by atoms with Gasteiger partial charge in [0, 0.05) is 114 Å². The third kappa shape index (κ3) is 17.7. The number of unbranched alkanes of at least 4 members (excludes halogenated alkanes) is 2. The lowest BCUT2D eigenvalue weighted by Crippen LogP contribution is -2.50. The summed E-state index contributed by atoms with van der Waals surface area (Å²) in [5, 5.41) is 13.8. The van der Waals surface area contributed by atoms with Gasteiger partial charge in [0.05, 0.1) is 42.1 Å². The number of fused-ring (bicyclic) bond motifs is 2. The first-order valence-corrected chi connectivity index (χ1v) is 33.8. The molecule has 530 valence electrons. The summed E-state index contributed by atoms with van der Waals surface area (Å²) in [5.41, 5.74) is 0.777. The van der Waals surface area contributed by atoms with Crippen molar-refractivity contribution in [2.24, 2.45) is 0 Å². The van der Waals surface area contributed by atoms with Crippen LogP contribution in [0.2, 0.25) is 0 Å². The number of nitrogens with zero attached hydrogens (tertiary/aromatic N) is 7. The van der Waals surface area contributed by atoms with Crippen LogP contribution in [0.5, 0.6) is 5.75 Å². The molecular weight excluding hydrogens is 1290 g/mol. The van der Waals surface area contributed by atoms with Crippen molar-refractivity contribution in [2.45, 2.75) is 106 Å². The highest BCUT2D eigenvalue weighted by molar-refractivity contribution is 5.97. The van der Waals surface area contributed by atoms with E-state index in [0.717, 1.165) is 65.2 Å². The van der Waals surface area contributed by atoms with Crippen molar-refractivity contribution in [3.63, 3.8) is 0 Å². The summed E-state index contributed by atoms with van der Waals surface area (Å²) in [6.07, 6.45) is -4.70. The van der Waals surface area contributed by atoms with Crippen LogP contribution in [0.4, 0.5) is 46.9 Å². The van der Waals surface area contributed by atoms with E-state index >= 15 is 0 Å². The number of likely N-dealkylation sites (N-methyl/N-ethyl adjacent to an activating group) is 2. The molecule has 1 spiro atoms. The third-order valence-electron chi connectivity index (χ3n) is 20.1. The highest BCUT2D eigenvalue weighted by Crippen LogP contribution is 2.49. The average Bonchev–Trinajstić information content (AvgIpc) is 1.64. The summed E-state index contributed by atoms with van der Waals surface area (Å²) in [6.45, 7) is 4.94. The second-order valence-electron chi connectivity index (χ2n) is 26.5. The van der Waals surface area contributed by atoms with Gasteiger partial charge in [0.1, 0.15) is 30.5 Å². The van der Waals surface area contributed by atoms with Gasteiger partial charge in [-0.25, -0.2) is 9.18 Å². The van der Waals surface area contributed by atoms with E-state index in [9.17, 15) is 59.8 Å². The van der Waals surface area contributed by atoms with Gasteiger partial charge in [0.15, 0.2) is 0 Å². The monoisotopic (exact) mass is 1380 g/mol. The first-order valence-electron chi connectivity index (χ1n) is 33.8. The Morgan fingerprint density at radius 1 is 0.687 bits per heavy atom. The smallest absolute Gasteiger partial charge is 0.416 e. The number of hydrogen-bond donors (Lipinski definition) is 2. The van der Waals surface area contributed by atoms with Crippen LogP contribution in [0.1, 0.15) is 113 Å². The minimum Gasteiger partial charge on any atom is -0.496 e. The Kier molecular flexibility index (Phi) is 23.8. The van der Waals surface area contributed by atoms with Gasteiger partial charge in [-0.1, -0.05) is 91.3 Å². The number of carboxylic acid groups (broad SMARTS) is 1. The van der Waals surface area contributed by atoms with Crippen LogP contribution < -0.4 is 15.0 Å². The average molecular weight is 1380 g/mol. The molecule has 0 aromatic heterocycles. The molecule has 3 heterocycles. The fourth-order valence-corrected chi connectivity index (χ4v) is 14.4. The molecule has 6 aromatic rings. The summed E-state index contributed by atoms with van der Waals surface area (Å²) in [4.78, 5) is 79.1. The van der Waals surface area contributed by atoms with E-state index in [1.54, 1.807) is 40.9 Å². The van der Waals surface area contributed by atoms with Crippen LogP contribution in [-0.2, 0) is 48.9 Å². The Morgan fingerprint density at radius 3 is 2.02 bits per heavy atom. The van der Waals surface area contributed by atoms with Crippen LogP contribution in [0.15, 0.2) is 140 Å². The maximum absolute atomic E-state index is 14.3. The van der Waals surface area contributed by atoms with E-state index in [1.807, 2.05) is 79.8 Å². The van der Waals surface area contributed by atoms with E-state index in [0.29, 0.717) is 132 Å². The van der Waals surface area contributed by atoms with Crippen LogP contribution >= 0.6 is 0 Å². The number of halogens is 7. The largest absolute Gasteiger partial charge is 0.496 e. The highest BCUT2D eigenvalue weighted by Gasteiger charge is 2.50. The number of nitrogens with one attached hydrogen (secondary N) is 1. The van der Waals surface area contributed by atoms with Gasteiger partial charge >= 0.3 is 18.4 Å². The number of anilines is 2. The van der Waals surface area contributed by atoms with Crippen molar-refractivity contribution in [3.8, 4) is 16.9 Å². The van der Waals surface area contributed by atoms with Crippen molar-refractivity contribution in [2.75, 3.05) is 124 Å². The zero-order valence-electron chi connectivity index (χ0n) is 56.4. The Morgan fingerprint density at radius 2 is 1.33 bits per heavy atom. The first-order chi connectivity index (χ1) is 47.4. The van der Waals surface area contributed by atoms with Gasteiger partial charge in [-0.3, -0.25) is 24.1 Å². The molecule has 2 atom stereocenters. The van der Waals surface area contributed by atoms with E-state index < -0.39 is 64.6 Å². The van der Waals surface area contributed by atoms with Crippen molar-refractivity contribution in [1.82, 2.24) is 29.4 Å². The molecule has 17 nitrogen and oxygen atoms in total. The molecule has 3 fully saturated rings. The fraction of sp³-hybridized carbons (Fsp3) is 0.453. The maximum Gasteiger partial charge on any atom is 0.416 e. The van der Waals surface area contributed by atoms with E-state index in [4.69, 9.17) is 14.2 Å². The number of carbonyl (C=O) groups is 5. The van der Waals surface area contributed by atoms with Gasteiger partial charge in [-0.05, 0) is 142 Å². The molecule has 0 bridgehead atoms. The number of piperidine rings is 2. The van der Waals surface area contributed by atoms with E-state index in [-0.39, 0.29) is 55.5 Å². The minimum atomic E-state index is -5.15. The number of para-hydroxylation sites is 1. The predicted octanol–water partition coefficient (Wildman–Crippen LogP) is 12.9. The van der Waals surface area contributed by atoms with Crippen LogP contribution in [0.25, 0.3) is 11.1 Å². The lowest BCUT2D eigenvalue weighted by atomic mass is 9.72. The molecule has 6 aromatic carbocycles. The number of rotatable bonds is 27. The van der Waals surface area contributed by atoms with Crippen LogP contribution in [0, 0.1) is 5.82 Å². The summed E-state index contributed by atoms with van der Waals surface area (Å²) in [7, 11) is 6.76. The number of likely N-dealkylation sites (tertiary alicyclic amines) is 2. The highest BCUT2D eigenvalue weighted by atomic mass is 19.4. The molecule has 10 rings (SSSR count). The van der Waals surface area contributed by atoms with E-state index in [1.165, 1.54) is 36.3 Å². The van der Waals surface area contributed by atoms with Gasteiger partial charge in [0.25, 0.3) is 11.8 Å². The molecule has 0 unspecified atom stereocenters. The Hall–Kier alpha value is -8.58. The lowest BCUT2D eigenvalue weighted by molar-refractivity contribution is -0.143. The minimum absolute atomic E-state index is 0.0310. The molecule has 24 heteroatoms. The Bertz CT molecular complexity index is 3740. The topological polar surface area (TPSA) is 168 Å². The third-order valence-corrected chi connectivity index (χ3v) is 20.1. The molecule has 2 N–H and O–H groups in total. The summed E-state index contributed by atoms with van der Waals surface area (Å²) in [5.74, 6) is -1.56. The number of ether oxygens (including phenoxy) is 3. The fourth-order valence-electron chi connectivity index (χ4n) is 14.4. The molecule has 5 amide bonds. The lowest BCUT2D eigenvalue weighted by Gasteiger charge is -2.44. The van der Waals surface area contributed by atoms with Gasteiger partial charge < -0.3 is 54.0 Å². The molecule has 3 saturated heterocycles. The van der Waals surface area contributed by atoms with Crippen LogP contribution in [0.3, 0.4) is 0 Å². The van der Waals surface area contributed by atoms with Crippen molar-refractivity contribution in [1.29, 1.82) is 0 Å². The molecule has 4 aliphatic rings. The van der Waals surface area contributed by atoms with Crippen molar-refractivity contribution >= 4 is 41.1 Å². The number of alkyl halides is 6. The number of hydrogen-bond acceptors (Lipinski definition) is 11. The number of carbonyl (C=O) groups excluding carboxylic acids is 4. The summed E-state index contributed by atoms with van der Waals surface area (Å²) >= 11 is 0. The normalized spacial score (nSPS) is 18.1. The quantitative estimate of drug-likeness (QED) is 0.0370. The van der Waals surface area contributed by atoms with Crippen LogP contribution in [-0.4, -0.2) is 190 Å². The standard InChI is InChI=1S/C75H87F7N8O9/c1-84(35-15-36-86(3)70(94)62-28-27-59(48-65(62)97-4)83-34-14-6-9-22-67(91)85(2)42-43-87-37-29-60(30-38-87)90(71(95)96)64-21-13-11-19-61(64)52-16-7-5-8-17-52)68(92)49-98-66-46-53-18-10-12-20-63(53)72(66)31-39-88(40-32-72)41-33-73(55-23-25-58(76)26-24-55)50-89(51-99-73)69(93)54-44-56(74(77,78)79)47-57(45-54)75(80,81)82/h5,7-8,10-13,16-21,23-28,44-45,47-48,60,66,83H,6,9,14-15,22,29-43,46,49-51H2,1-4H3,(H,95,96)/t66-,73+/m0/s1. The van der Waals surface area contributed by atoms with Crippen molar-refractivity contribution < 1.29 is 74.0 Å². The maximum atomic E-state index is 14.3. The molecule has 99 heavy (non-hydrogen) atoms. The van der Waals surface area contributed by atoms with Gasteiger partial charge in [0.2, 0.25) is 11.8 Å². The number of benzene rings is 6. The molecule has 0 radical (unpaired) electrons. The van der Waals surface area contributed by atoms with Gasteiger partial charge in [-0.2, -0.15) is 26.3 Å². The molecule has 3 aliphatic heterocycles. The van der Waals surface area contributed by atoms with E-state index in [2.05, 4.69) is 27.2 Å². The molecular formula is C75H87F7N8O9. The number of methoxy groups -OCH3 is 1. The second-order valence-corrected chi connectivity index (χ2v) is 26.5. The Labute approximate surface area is 573 Å². The molecule has 0 saturated carbocycles. The first kappa shape index (κ1) is 73.1. The van der Waals surface area contributed by atoms with Gasteiger partial charge in [-0.15, -0.1) is 0 Å². The zero-order valence-corrected chi connectivity index (χ0v) is 56.4. The Balaban J connectivity index is 0.630.